The molecule has 1 aromatic rings. The third kappa shape index (κ3) is 1.54. The van der Waals surface area contributed by atoms with Gasteiger partial charge in [-0.05, 0) is 6.07 Å². The minimum absolute atomic E-state index is 0.272. The first-order valence-electron chi connectivity index (χ1n) is 4.44. The van der Waals surface area contributed by atoms with Gasteiger partial charge in [-0.15, -0.1) is 0 Å². The molecule has 0 saturated carbocycles. The second kappa shape index (κ2) is 3.30. The molecule has 80 valence electrons. The van der Waals surface area contributed by atoms with Crippen LogP contribution in [0.15, 0.2) is 10.9 Å². The Morgan fingerprint density at radius 3 is 3.07 bits per heavy atom. The molecule has 0 amide bonds. The third-order valence-corrected chi connectivity index (χ3v) is 2.30. The highest BCUT2D eigenvalue weighted by molar-refractivity contribution is 5.88. The van der Waals surface area contributed by atoms with Crippen LogP contribution in [-0.2, 0) is 0 Å². The number of ether oxygens (including phenoxy) is 1. The van der Waals surface area contributed by atoms with E-state index in [2.05, 4.69) is 4.98 Å². The number of aromatic carboxylic acids is 1. The Balaban J connectivity index is 2.60. The quantitative estimate of drug-likeness (QED) is 0.676. The van der Waals surface area contributed by atoms with Gasteiger partial charge in [-0.1, -0.05) is 0 Å². The first-order valence-corrected chi connectivity index (χ1v) is 4.44. The van der Waals surface area contributed by atoms with Gasteiger partial charge < -0.3 is 14.7 Å². The molecule has 2 rings (SSSR count). The smallest absolute Gasteiger partial charge is 0.341 e. The number of fused-ring (bicyclic) bond motifs is 1. The van der Waals surface area contributed by atoms with Crippen LogP contribution in [-0.4, -0.2) is 36.3 Å². The summed E-state index contributed by atoms with van der Waals surface area (Å²) in [7, 11) is 1.81. The van der Waals surface area contributed by atoms with E-state index in [0.717, 1.165) is 0 Å². The van der Waals surface area contributed by atoms with Crippen molar-refractivity contribution in [3.05, 3.63) is 22.0 Å². The van der Waals surface area contributed by atoms with Crippen molar-refractivity contribution in [1.82, 2.24) is 4.98 Å². The zero-order valence-corrected chi connectivity index (χ0v) is 8.11. The van der Waals surface area contributed by atoms with Gasteiger partial charge in [0, 0.05) is 7.05 Å². The number of rotatable bonds is 1. The average molecular weight is 210 g/mol. The molecule has 1 aliphatic heterocycles. The summed E-state index contributed by atoms with van der Waals surface area (Å²) in [4.78, 5) is 26.3. The summed E-state index contributed by atoms with van der Waals surface area (Å²) in [6.45, 7) is 1.14. The zero-order chi connectivity index (χ0) is 11.0. The largest absolute Gasteiger partial charge is 0.477 e. The van der Waals surface area contributed by atoms with Gasteiger partial charge in [0.05, 0.1) is 12.2 Å². The van der Waals surface area contributed by atoms with Gasteiger partial charge in [-0.2, -0.15) is 0 Å². The van der Waals surface area contributed by atoms with Gasteiger partial charge in [-0.25, -0.2) is 4.79 Å². The van der Waals surface area contributed by atoms with E-state index >= 15 is 0 Å². The first kappa shape index (κ1) is 9.57. The fraction of sp³-hybridized carbons (Fsp3) is 0.333. The van der Waals surface area contributed by atoms with Crippen LogP contribution in [0.1, 0.15) is 10.4 Å². The number of carbonyl (C=O) groups is 1. The molecule has 0 bridgehead atoms. The Bertz CT molecular complexity index is 466. The number of nitrogens with zero attached hydrogens (tertiary/aromatic N) is 1. The molecule has 0 fully saturated rings. The lowest BCUT2D eigenvalue weighted by molar-refractivity contribution is 0.0695. The molecule has 2 N–H and O–H groups in total. The standard InChI is InChI=1S/C9H10N2O4/c1-11-2-3-15-8-6(11)4-5(9(13)14)7(12)10-8/h4H,2-3H2,1H3,(H,10,12)(H,13,14). The molecular formula is C9H10N2O4. The van der Waals surface area contributed by atoms with Crippen LogP contribution < -0.4 is 15.2 Å². The van der Waals surface area contributed by atoms with Crippen LogP contribution in [0, 0.1) is 0 Å². The summed E-state index contributed by atoms with van der Waals surface area (Å²) in [5.41, 5.74) is -0.319. The van der Waals surface area contributed by atoms with E-state index in [0.29, 0.717) is 24.7 Å². The first-order chi connectivity index (χ1) is 7.09. The Morgan fingerprint density at radius 2 is 2.40 bits per heavy atom. The molecular weight excluding hydrogens is 200 g/mol. The van der Waals surface area contributed by atoms with Crippen molar-refractivity contribution in [2.24, 2.45) is 0 Å². The lowest BCUT2D eigenvalue weighted by Crippen LogP contribution is -2.32. The average Bonchev–Trinajstić information content (AvgIpc) is 2.16. The number of carboxylic acids is 1. The Kier molecular flexibility index (Phi) is 2.11. The third-order valence-electron chi connectivity index (χ3n) is 2.30. The zero-order valence-electron chi connectivity index (χ0n) is 8.11. The summed E-state index contributed by atoms with van der Waals surface area (Å²) < 4.78 is 5.22. The second-order valence-corrected chi connectivity index (χ2v) is 3.30. The van der Waals surface area contributed by atoms with Crippen LogP contribution >= 0.6 is 0 Å². The topological polar surface area (TPSA) is 82.6 Å². The molecule has 2 heterocycles. The number of hydrogen-bond donors (Lipinski definition) is 2. The summed E-state index contributed by atoms with van der Waals surface area (Å²) in [5, 5.41) is 8.77. The van der Waals surface area contributed by atoms with E-state index in [1.54, 1.807) is 0 Å². The molecule has 1 aliphatic rings. The highest BCUT2D eigenvalue weighted by Crippen LogP contribution is 2.27. The molecule has 6 heteroatoms. The number of nitrogens with one attached hydrogen (secondary N) is 1. The van der Waals surface area contributed by atoms with Crippen LogP contribution in [0.4, 0.5) is 5.69 Å². The van der Waals surface area contributed by atoms with Gasteiger partial charge in [-0.3, -0.25) is 9.78 Å². The van der Waals surface area contributed by atoms with Crippen molar-refractivity contribution >= 4 is 11.7 Å². The molecule has 0 saturated heterocycles. The Labute approximate surface area is 85.1 Å². The summed E-state index contributed by atoms with van der Waals surface area (Å²) in [6.07, 6.45) is 0. The van der Waals surface area contributed by atoms with Crippen LogP contribution in [0.25, 0.3) is 0 Å². The molecule has 0 aliphatic carbocycles. The number of aromatic nitrogens is 1. The normalized spacial score (nSPS) is 14.3. The van der Waals surface area contributed by atoms with Gasteiger partial charge in [0.15, 0.2) is 0 Å². The maximum Gasteiger partial charge on any atom is 0.341 e. The van der Waals surface area contributed by atoms with Gasteiger partial charge in [0.2, 0.25) is 5.88 Å². The molecule has 0 aromatic carbocycles. The maximum atomic E-state index is 11.3. The van der Waals surface area contributed by atoms with Crippen LogP contribution in [0.2, 0.25) is 0 Å². The molecule has 1 aromatic heterocycles. The lowest BCUT2D eigenvalue weighted by Gasteiger charge is -2.26. The molecule has 6 nitrogen and oxygen atoms in total. The highest BCUT2D eigenvalue weighted by atomic mass is 16.5. The second-order valence-electron chi connectivity index (χ2n) is 3.30. The van der Waals surface area contributed by atoms with Crippen molar-refractivity contribution in [2.75, 3.05) is 25.1 Å². The fourth-order valence-electron chi connectivity index (χ4n) is 1.46. The Morgan fingerprint density at radius 1 is 1.67 bits per heavy atom. The predicted octanol–water partition coefficient (Wildman–Crippen LogP) is -0.0983. The SMILES string of the molecule is CN1CCOc2[nH]c(=O)c(C(=O)O)cc21. The summed E-state index contributed by atoms with van der Waals surface area (Å²) in [5.74, 6) is -0.906. The van der Waals surface area contributed by atoms with E-state index < -0.39 is 11.5 Å². The fourth-order valence-corrected chi connectivity index (χ4v) is 1.46. The summed E-state index contributed by atoms with van der Waals surface area (Å²) >= 11 is 0. The highest BCUT2D eigenvalue weighted by Gasteiger charge is 2.20. The van der Waals surface area contributed by atoms with Gasteiger partial charge >= 0.3 is 5.97 Å². The number of carboxylic acid groups (broad SMARTS) is 1. The molecule has 15 heavy (non-hydrogen) atoms. The monoisotopic (exact) mass is 210 g/mol. The number of hydrogen-bond acceptors (Lipinski definition) is 4. The summed E-state index contributed by atoms with van der Waals surface area (Å²) in [6, 6.07) is 1.33. The van der Waals surface area contributed by atoms with E-state index in [4.69, 9.17) is 9.84 Å². The van der Waals surface area contributed by atoms with E-state index in [1.807, 2.05) is 11.9 Å². The van der Waals surface area contributed by atoms with E-state index in [9.17, 15) is 9.59 Å². The molecule has 0 atom stereocenters. The van der Waals surface area contributed by atoms with Crippen molar-refractivity contribution in [3.63, 3.8) is 0 Å². The lowest BCUT2D eigenvalue weighted by atomic mass is 10.2. The van der Waals surface area contributed by atoms with E-state index in [1.165, 1.54) is 6.07 Å². The number of aromatic amines is 1. The molecule has 0 spiro atoms. The Hall–Kier alpha value is -1.98. The van der Waals surface area contributed by atoms with Crippen molar-refractivity contribution in [2.45, 2.75) is 0 Å². The number of H-pyrrole nitrogens is 1. The van der Waals surface area contributed by atoms with Crippen molar-refractivity contribution in [1.29, 1.82) is 0 Å². The predicted molar refractivity (Wildman–Crippen MR) is 52.8 cm³/mol. The van der Waals surface area contributed by atoms with Crippen molar-refractivity contribution in [3.8, 4) is 5.88 Å². The maximum absolute atomic E-state index is 11.3. The van der Waals surface area contributed by atoms with Gasteiger partial charge in [0.1, 0.15) is 12.2 Å². The molecule has 0 radical (unpaired) electrons. The van der Waals surface area contributed by atoms with Crippen molar-refractivity contribution < 1.29 is 14.6 Å². The number of anilines is 1. The van der Waals surface area contributed by atoms with Crippen LogP contribution in [0.5, 0.6) is 5.88 Å². The van der Waals surface area contributed by atoms with E-state index in [-0.39, 0.29) is 5.56 Å². The minimum atomic E-state index is -1.24. The minimum Gasteiger partial charge on any atom is -0.477 e. The number of pyridine rings is 1. The van der Waals surface area contributed by atoms with Gasteiger partial charge in [0.25, 0.3) is 5.56 Å². The van der Waals surface area contributed by atoms with Crippen LogP contribution in [0.3, 0.4) is 0 Å². The number of likely N-dealkylation sites (N-methyl/N-ethyl adjacent to an activating group) is 1. The molecule has 0 unspecified atom stereocenters.